The number of carboxylic acid groups (broad SMARTS) is 1. The lowest BCUT2D eigenvalue weighted by Gasteiger charge is -2.22. The fourth-order valence-electron chi connectivity index (χ4n) is 1.15. The van der Waals surface area contributed by atoms with Crippen LogP contribution in [-0.4, -0.2) is 41.9 Å². The summed E-state index contributed by atoms with van der Waals surface area (Å²) in [6, 6.07) is 0.989. The molecule has 0 bridgehead atoms. The number of aromatic carboxylic acids is 1. The standard InChI is InChI=1S/C10H15N3O4S/c1-7(2)13(3)18(16,17)12-9-6-11-5-4-8(9)10(14)15/h4-7,12H,1-3H3,(H,14,15). The number of nitrogens with zero attached hydrogens (tertiary/aromatic N) is 2. The lowest BCUT2D eigenvalue weighted by molar-refractivity contribution is 0.0698. The SMILES string of the molecule is CC(C)N(C)S(=O)(=O)Nc1cnccc1C(=O)O. The van der Waals surface area contributed by atoms with Crippen molar-refractivity contribution >= 4 is 21.9 Å². The van der Waals surface area contributed by atoms with E-state index in [2.05, 4.69) is 9.71 Å². The lowest BCUT2D eigenvalue weighted by Crippen LogP contribution is -2.37. The van der Waals surface area contributed by atoms with Gasteiger partial charge in [0.25, 0.3) is 0 Å². The van der Waals surface area contributed by atoms with Gasteiger partial charge in [-0.2, -0.15) is 12.7 Å². The van der Waals surface area contributed by atoms with Crippen LogP contribution in [0.2, 0.25) is 0 Å². The number of aromatic nitrogens is 1. The van der Waals surface area contributed by atoms with E-state index in [9.17, 15) is 13.2 Å². The van der Waals surface area contributed by atoms with E-state index in [1.807, 2.05) is 0 Å². The maximum Gasteiger partial charge on any atom is 0.337 e. The molecule has 0 saturated heterocycles. The Kier molecular flexibility index (Phi) is 4.25. The Morgan fingerprint density at radius 2 is 2.11 bits per heavy atom. The van der Waals surface area contributed by atoms with Gasteiger partial charge in [-0.05, 0) is 19.9 Å². The zero-order valence-electron chi connectivity index (χ0n) is 10.3. The first-order valence-electron chi connectivity index (χ1n) is 5.18. The lowest BCUT2D eigenvalue weighted by atomic mass is 10.2. The number of anilines is 1. The van der Waals surface area contributed by atoms with Gasteiger partial charge in [0, 0.05) is 19.3 Å². The highest BCUT2D eigenvalue weighted by molar-refractivity contribution is 7.90. The second-order valence-electron chi connectivity index (χ2n) is 3.94. The van der Waals surface area contributed by atoms with E-state index in [4.69, 9.17) is 5.11 Å². The minimum atomic E-state index is -3.79. The van der Waals surface area contributed by atoms with Crippen molar-refractivity contribution in [2.75, 3.05) is 11.8 Å². The van der Waals surface area contributed by atoms with Crippen LogP contribution in [0.15, 0.2) is 18.5 Å². The van der Waals surface area contributed by atoms with Gasteiger partial charge < -0.3 is 5.11 Å². The van der Waals surface area contributed by atoms with E-state index in [1.165, 1.54) is 19.3 Å². The fraction of sp³-hybridized carbons (Fsp3) is 0.400. The fourth-order valence-corrected chi connectivity index (χ4v) is 2.29. The Hall–Kier alpha value is -1.67. The van der Waals surface area contributed by atoms with E-state index in [0.29, 0.717) is 0 Å². The number of pyridine rings is 1. The van der Waals surface area contributed by atoms with E-state index in [0.717, 1.165) is 10.5 Å². The summed E-state index contributed by atoms with van der Waals surface area (Å²) < 4.78 is 27.1. The minimum Gasteiger partial charge on any atom is -0.478 e. The molecule has 0 aliphatic rings. The quantitative estimate of drug-likeness (QED) is 0.825. The van der Waals surface area contributed by atoms with E-state index < -0.39 is 16.2 Å². The van der Waals surface area contributed by atoms with Crippen LogP contribution in [0.1, 0.15) is 24.2 Å². The van der Waals surface area contributed by atoms with Crippen molar-refractivity contribution in [3.05, 3.63) is 24.0 Å². The third kappa shape index (κ3) is 3.17. The zero-order chi connectivity index (χ0) is 13.9. The maximum atomic E-state index is 11.9. The highest BCUT2D eigenvalue weighted by Crippen LogP contribution is 2.16. The maximum absolute atomic E-state index is 11.9. The summed E-state index contributed by atoms with van der Waals surface area (Å²) >= 11 is 0. The van der Waals surface area contributed by atoms with E-state index in [1.54, 1.807) is 13.8 Å². The Morgan fingerprint density at radius 1 is 1.50 bits per heavy atom. The predicted molar refractivity (Wildman–Crippen MR) is 66.6 cm³/mol. The topological polar surface area (TPSA) is 99.6 Å². The third-order valence-electron chi connectivity index (χ3n) is 2.40. The molecule has 1 heterocycles. The van der Waals surface area contributed by atoms with Crippen molar-refractivity contribution in [2.24, 2.45) is 0 Å². The number of hydrogen-bond donors (Lipinski definition) is 2. The molecule has 8 heteroatoms. The van der Waals surface area contributed by atoms with Gasteiger partial charge in [-0.15, -0.1) is 0 Å². The molecule has 2 N–H and O–H groups in total. The van der Waals surface area contributed by atoms with Crippen molar-refractivity contribution in [3.8, 4) is 0 Å². The molecule has 0 unspecified atom stereocenters. The molecule has 0 amide bonds. The van der Waals surface area contributed by atoms with E-state index in [-0.39, 0.29) is 17.3 Å². The second-order valence-corrected chi connectivity index (χ2v) is 5.67. The first-order chi connectivity index (χ1) is 8.25. The summed E-state index contributed by atoms with van der Waals surface area (Å²) in [6.45, 7) is 3.42. The van der Waals surface area contributed by atoms with Crippen LogP contribution in [0.25, 0.3) is 0 Å². The Bertz CT molecular complexity index is 542. The zero-order valence-corrected chi connectivity index (χ0v) is 11.1. The highest BCUT2D eigenvalue weighted by Gasteiger charge is 2.22. The van der Waals surface area contributed by atoms with Crippen molar-refractivity contribution in [3.63, 3.8) is 0 Å². The van der Waals surface area contributed by atoms with Crippen molar-refractivity contribution in [2.45, 2.75) is 19.9 Å². The normalized spacial score (nSPS) is 11.8. The Labute approximate surface area is 106 Å². The molecule has 18 heavy (non-hydrogen) atoms. The van der Waals surface area contributed by atoms with Gasteiger partial charge in [-0.25, -0.2) is 4.79 Å². The van der Waals surface area contributed by atoms with Gasteiger partial charge in [0.05, 0.1) is 17.4 Å². The van der Waals surface area contributed by atoms with Gasteiger partial charge in [0.1, 0.15) is 0 Å². The van der Waals surface area contributed by atoms with Crippen LogP contribution in [0, 0.1) is 0 Å². The molecule has 7 nitrogen and oxygen atoms in total. The monoisotopic (exact) mass is 273 g/mol. The molecular weight excluding hydrogens is 258 g/mol. The molecule has 0 fully saturated rings. The Morgan fingerprint density at radius 3 is 2.61 bits per heavy atom. The average Bonchev–Trinajstić information content (AvgIpc) is 2.27. The van der Waals surface area contributed by atoms with E-state index >= 15 is 0 Å². The molecule has 0 radical (unpaired) electrons. The first kappa shape index (κ1) is 14.4. The van der Waals surface area contributed by atoms with Gasteiger partial charge in [0.15, 0.2) is 0 Å². The number of rotatable bonds is 5. The molecule has 1 rings (SSSR count). The van der Waals surface area contributed by atoms with Crippen LogP contribution in [0.5, 0.6) is 0 Å². The molecule has 0 atom stereocenters. The summed E-state index contributed by atoms with van der Waals surface area (Å²) in [4.78, 5) is 14.6. The molecule has 0 saturated carbocycles. The Balaban J connectivity index is 3.09. The number of nitrogens with one attached hydrogen (secondary N) is 1. The van der Waals surface area contributed by atoms with Crippen molar-refractivity contribution < 1.29 is 18.3 Å². The second kappa shape index (κ2) is 5.32. The summed E-state index contributed by atoms with van der Waals surface area (Å²) in [7, 11) is -2.38. The third-order valence-corrected chi connectivity index (χ3v) is 4.05. The number of hydrogen-bond acceptors (Lipinski definition) is 4. The molecule has 0 aliphatic heterocycles. The van der Waals surface area contributed by atoms with Crippen molar-refractivity contribution in [1.82, 2.24) is 9.29 Å². The first-order valence-corrected chi connectivity index (χ1v) is 6.63. The molecule has 0 spiro atoms. The molecule has 0 aromatic carbocycles. The van der Waals surface area contributed by atoms with Crippen LogP contribution in [0.3, 0.4) is 0 Å². The molecule has 1 aromatic heterocycles. The van der Waals surface area contributed by atoms with Gasteiger partial charge >= 0.3 is 16.2 Å². The molecular formula is C10H15N3O4S. The summed E-state index contributed by atoms with van der Waals surface area (Å²) in [5.74, 6) is -1.22. The predicted octanol–water partition coefficient (Wildman–Crippen LogP) is 0.777. The van der Waals surface area contributed by atoms with Crippen molar-refractivity contribution in [1.29, 1.82) is 0 Å². The summed E-state index contributed by atoms with van der Waals surface area (Å²) in [6.07, 6.45) is 2.45. The smallest absolute Gasteiger partial charge is 0.337 e. The molecule has 1 aromatic rings. The van der Waals surface area contributed by atoms with Crippen LogP contribution in [0.4, 0.5) is 5.69 Å². The van der Waals surface area contributed by atoms with Crippen LogP contribution >= 0.6 is 0 Å². The highest BCUT2D eigenvalue weighted by atomic mass is 32.2. The molecule has 0 aliphatic carbocycles. The van der Waals surface area contributed by atoms with Gasteiger partial charge in [-0.1, -0.05) is 0 Å². The number of carbonyl (C=O) groups is 1. The van der Waals surface area contributed by atoms with Gasteiger partial charge in [0.2, 0.25) is 0 Å². The summed E-state index contributed by atoms with van der Waals surface area (Å²) in [5.41, 5.74) is -0.205. The number of carboxylic acids is 1. The summed E-state index contributed by atoms with van der Waals surface area (Å²) in [5, 5.41) is 8.93. The van der Waals surface area contributed by atoms with Crippen LogP contribution in [-0.2, 0) is 10.2 Å². The average molecular weight is 273 g/mol. The van der Waals surface area contributed by atoms with Crippen LogP contribution < -0.4 is 4.72 Å². The minimum absolute atomic E-state index is 0.0579. The van der Waals surface area contributed by atoms with Gasteiger partial charge in [-0.3, -0.25) is 9.71 Å². The largest absolute Gasteiger partial charge is 0.478 e. The molecule has 100 valence electrons.